The second kappa shape index (κ2) is 6.55. The minimum Gasteiger partial charge on any atom is -0.335 e. The summed E-state index contributed by atoms with van der Waals surface area (Å²) in [6.45, 7) is 7.81. The Kier molecular flexibility index (Phi) is 4.60. The van der Waals surface area contributed by atoms with Crippen molar-refractivity contribution in [3.8, 4) is 5.69 Å². The van der Waals surface area contributed by atoms with Gasteiger partial charge in [-0.1, -0.05) is 26.8 Å². The molecule has 1 aromatic heterocycles. The van der Waals surface area contributed by atoms with E-state index < -0.39 is 0 Å². The standard InChI is InChI=1S/C18H24FN5O/c1-12(2)16-21-15(17(25)23-8-7-18(3,10-20)11-23)22-24(16)14-6-4-5-13(19)9-14/h4-6,9,12H,7-8,10-11,20H2,1-3H3. The molecule has 0 radical (unpaired) electrons. The first-order chi connectivity index (χ1) is 11.8. The molecule has 0 saturated carbocycles. The van der Waals surface area contributed by atoms with E-state index in [1.807, 2.05) is 13.8 Å². The molecular weight excluding hydrogens is 321 g/mol. The van der Waals surface area contributed by atoms with E-state index in [4.69, 9.17) is 5.73 Å². The van der Waals surface area contributed by atoms with Gasteiger partial charge < -0.3 is 10.6 Å². The highest BCUT2D eigenvalue weighted by Gasteiger charge is 2.36. The molecule has 7 heteroatoms. The normalized spacial score (nSPS) is 20.5. The summed E-state index contributed by atoms with van der Waals surface area (Å²) < 4.78 is 15.1. The van der Waals surface area contributed by atoms with Crippen LogP contribution in [0.3, 0.4) is 0 Å². The minimum absolute atomic E-state index is 0.0465. The van der Waals surface area contributed by atoms with Gasteiger partial charge in [-0.15, -0.1) is 5.10 Å². The van der Waals surface area contributed by atoms with Gasteiger partial charge in [-0.05, 0) is 36.6 Å². The van der Waals surface area contributed by atoms with E-state index in [0.29, 0.717) is 31.1 Å². The number of nitrogens with zero attached hydrogens (tertiary/aromatic N) is 4. The SMILES string of the molecule is CC(C)c1nc(C(=O)N2CCC(C)(CN)C2)nn1-c1cccc(F)c1. The monoisotopic (exact) mass is 345 g/mol. The van der Waals surface area contributed by atoms with Gasteiger partial charge in [0.15, 0.2) is 0 Å². The van der Waals surface area contributed by atoms with Crippen molar-refractivity contribution in [1.29, 1.82) is 0 Å². The van der Waals surface area contributed by atoms with Crippen LogP contribution in [0.15, 0.2) is 24.3 Å². The van der Waals surface area contributed by atoms with Gasteiger partial charge in [0.25, 0.3) is 5.91 Å². The molecule has 25 heavy (non-hydrogen) atoms. The molecular formula is C18H24FN5O. The largest absolute Gasteiger partial charge is 0.335 e. The molecule has 0 aliphatic carbocycles. The van der Waals surface area contributed by atoms with Crippen LogP contribution in [0.25, 0.3) is 5.69 Å². The average Bonchev–Trinajstić information content (AvgIpc) is 3.19. The Balaban J connectivity index is 1.93. The topological polar surface area (TPSA) is 77.0 Å². The van der Waals surface area contributed by atoms with E-state index in [-0.39, 0.29) is 28.9 Å². The van der Waals surface area contributed by atoms with Crippen molar-refractivity contribution in [1.82, 2.24) is 19.7 Å². The van der Waals surface area contributed by atoms with Gasteiger partial charge in [-0.2, -0.15) is 0 Å². The van der Waals surface area contributed by atoms with Crippen LogP contribution in [-0.4, -0.2) is 45.2 Å². The third-order valence-corrected chi connectivity index (χ3v) is 4.73. The van der Waals surface area contributed by atoms with Gasteiger partial charge in [0.2, 0.25) is 5.82 Å². The van der Waals surface area contributed by atoms with Crippen LogP contribution in [0.1, 0.15) is 49.6 Å². The lowest BCUT2D eigenvalue weighted by Crippen LogP contribution is -2.35. The Bertz CT molecular complexity index is 788. The first-order valence-corrected chi connectivity index (χ1v) is 8.55. The van der Waals surface area contributed by atoms with Crippen molar-refractivity contribution in [3.63, 3.8) is 0 Å². The van der Waals surface area contributed by atoms with Crippen molar-refractivity contribution >= 4 is 5.91 Å². The Morgan fingerprint density at radius 1 is 1.44 bits per heavy atom. The fourth-order valence-corrected chi connectivity index (χ4v) is 3.09. The molecule has 1 saturated heterocycles. The molecule has 3 rings (SSSR count). The second-order valence-corrected chi connectivity index (χ2v) is 7.33. The van der Waals surface area contributed by atoms with Crippen LogP contribution in [0.5, 0.6) is 0 Å². The van der Waals surface area contributed by atoms with Crippen LogP contribution in [-0.2, 0) is 0 Å². The highest BCUT2D eigenvalue weighted by atomic mass is 19.1. The van der Waals surface area contributed by atoms with Crippen LogP contribution >= 0.6 is 0 Å². The van der Waals surface area contributed by atoms with Crippen LogP contribution < -0.4 is 5.73 Å². The summed E-state index contributed by atoms with van der Waals surface area (Å²) in [4.78, 5) is 19.0. The van der Waals surface area contributed by atoms with Gasteiger partial charge in [0, 0.05) is 19.0 Å². The van der Waals surface area contributed by atoms with Crippen LogP contribution in [0.2, 0.25) is 0 Å². The smallest absolute Gasteiger partial charge is 0.293 e. The van der Waals surface area contributed by atoms with Crippen molar-refractivity contribution in [2.75, 3.05) is 19.6 Å². The van der Waals surface area contributed by atoms with Crippen molar-refractivity contribution in [2.45, 2.75) is 33.1 Å². The quantitative estimate of drug-likeness (QED) is 0.923. The summed E-state index contributed by atoms with van der Waals surface area (Å²) in [6.07, 6.45) is 0.872. The molecule has 2 N–H and O–H groups in total. The molecule has 1 aliphatic heterocycles. The molecule has 1 atom stereocenters. The molecule has 1 aliphatic rings. The second-order valence-electron chi connectivity index (χ2n) is 7.33. The van der Waals surface area contributed by atoms with E-state index >= 15 is 0 Å². The Labute approximate surface area is 146 Å². The third kappa shape index (κ3) is 3.42. The Morgan fingerprint density at radius 3 is 2.80 bits per heavy atom. The zero-order chi connectivity index (χ0) is 18.2. The predicted octanol–water partition coefficient (Wildman–Crippen LogP) is 2.34. The molecule has 134 valence electrons. The predicted molar refractivity (Wildman–Crippen MR) is 93.1 cm³/mol. The highest BCUT2D eigenvalue weighted by Crippen LogP contribution is 2.29. The number of amides is 1. The van der Waals surface area contributed by atoms with Crippen molar-refractivity contribution in [2.24, 2.45) is 11.1 Å². The maximum Gasteiger partial charge on any atom is 0.293 e. The lowest BCUT2D eigenvalue weighted by Gasteiger charge is -2.21. The number of rotatable bonds is 4. The summed E-state index contributed by atoms with van der Waals surface area (Å²) in [6, 6.07) is 6.12. The zero-order valence-electron chi connectivity index (χ0n) is 14.9. The Hall–Kier alpha value is -2.28. The molecule has 6 nitrogen and oxygen atoms in total. The average molecular weight is 345 g/mol. The van der Waals surface area contributed by atoms with Gasteiger partial charge in [0.1, 0.15) is 11.6 Å². The van der Waals surface area contributed by atoms with Crippen LogP contribution in [0.4, 0.5) is 4.39 Å². The summed E-state index contributed by atoms with van der Waals surface area (Å²) >= 11 is 0. The lowest BCUT2D eigenvalue weighted by molar-refractivity contribution is 0.0765. The fourth-order valence-electron chi connectivity index (χ4n) is 3.09. The number of nitrogens with two attached hydrogens (primary N) is 1. The van der Waals surface area contributed by atoms with Gasteiger partial charge in [0.05, 0.1) is 5.69 Å². The van der Waals surface area contributed by atoms with Crippen molar-refractivity contribution < 1.29 is 9.18 Å². The fraction of sp³-hybridized carbons (Fsp3) is 0.500. The maximum atomic E-state index is 13.6. The number of likely N-dealkylation sites (tertiary alicyclic amines) is 1. The summed E-state index contributed by atoms with van der Waals surface area (Å²) in [7, 11) is 0. The van der Waals surface area contributed by atoms with Gasteiger partial charge in [-0.3, -0.25) is 4.79 Å². The number of aromatic nitrogens is 3. The zero-order valence-corrected chi connectivity index (χ0v) is 14.9. The molecule has 1 unspecified atom stereocenters. The van der Waals surface area contributed by atoms with E-state index in [0.717, 1.165) is 6.42 Å². The minimum atomic E-state index is -0.353. The molecule has 0 spiro atoms. The van der Waals surface area contributed by atoms with Gasteiger partial charge in [-0.25, -0.2) is 14.1 Å². The first-order valence-electron chi connectivity index (χ1n) is 8.55. The van der Waals surface area contributed by atoms with Crippen molar-refractivity contribution in [3.05, 3.63) is 41.7 Å². The number of hydrogen-bond acceptors (Lipinski definition) is 4. The third-order valence-electron chi connectivity index (χ3n) is 4.73. The molecule has 1 fully saturated rings. The van der Waals surface area contributed by atoms with E-state index in [2.05, 4.69) is 17.0 Å². The molecule has 2 heterocycles. The molecule has 1 amide bonds. The summed E-state index contributed by atoms with van der Waals surface area (Å²) in [5.74, 6) is 0.275. The molecule has 1 aromatic carbocycles. The Morgan fingerprint density at radius 2 is 2.20 bits per heavy atom. The summed E-state index contributed by atoms with van der Waals surface area (Å²) in [5.41, 5.74) is 6.32. The molecule has 0 bridgehead atoms. The number of carbonyl (C=O) groups excluding carboxylic acids is 1. The van der Waals surface area contributed by atoms with Gasteiger partial charge >= 0.3 is 0 Å². The molecule has 2 aromatic rings. The van der Waals surface area contributed by atoms with Crippen LogP contribution in [0, 0.1) is 11.2 Å². The number of hydrogen-bond donors (Lipinski definition) is 1. The van der Waals surface area contributed by atoms with E-state index in [9.17, 15) is 9.18 Å². The maximum absolute atomic E-state index is 13.6. The van der Waals surface area contributed by atoms with E-state index in [1.54, 1.807) is 21.7 Å². The number of halogens is 1. The summed E-state index contributed by atoms with van der Waals surface area (Å²) in [5, 5.41) is 4.38. The highest BCUT2D eigenvalue weighted by molar-refractivity contribution is 5.90. The van der Waals surface area contributed by atoms with E-state index in [1.165, 1.54) is 12.1 Å². The number of benzene rings is 1. The first kappa shape index (κ1) is 17.5. The lowest BCUT2D eigenvalue weighted by atomic mass is 9.90. The number of carbonyl (C=O) groups is 1.